The first-order valence-corrected chi connectivity index (χ1v) is 6.31. The van der Waals surface area contributed by atoms with Gasteiger partial charge in [-0.25, -0.2) is 14.6 Å². The number of carbonyl (C=O) groups is 2. The highest BCUT2D eigenvalue weighted by atomic mass is 35.5. The zero-order valence-corrected chi connectivity index (χ0v) is 11.7. The van der Waals surface area contributed by atoms with Crippen molar-refractivity contribution in [3.8, 4) is 0 Å². The maximum Gasteiger partial charge on any atom is 0.337 e. The van der Waals surface area contributed by atoms with E-state index < -0.39 is 18.0 Å². The Morgan fingerprint density at radius 1 is 1.43 bits per heavy atom. The summed E-state index contributed by atoms with van der Waals surface area (Å²) in [5.74, 6) is -0.698. The average Bonchev–Trinajstić information content (AvgIpc) is 2.94. The Kier molecular flexibility index (Phi) is 4.39. The van der Waals surface area contributed by atoms with Gasteiger partial charge in [-0.05, 0) is 25.1 Å². The molecule has 21 heavy (non-hydrogen) atoms. The Morgan fingerprint density at radius 3 is 2.81 bits per heavy atom. The van der Waals surface area contributed by atoms with E-state index in [1.54, 1.807) is 6.92 Å². The molecular formula is C12H12ClN5O3. The van der Waals surface area contributed by atoms with Crippen LogP contribution in [0.1, 0.15) is 29.1 Å². The van der Waals surface area contributed by atoms with Crippen molar-refractivity contribution < 1.29 is 14.7 Å². The number of carbonyl (C=O) groups excluding carboxylic acids is 1. The number of aromatic amines is 1. The zero-order chi connectivity index (χ0) is 15.4. The van der Waals surface area contributed by atoms with Gasteiger partial charge in [0.1, 0.15) is 12.2 Å². The van der Waals surface area contributed by atoms with Crippen LogP contribution in [-0.4, -0.2) is 32.3 Å². The number of aromatic carboxylic acids is 1. The van der Waals surface area contributed by atoms with Crippen LogP contribution in [0.15, 0.2) is 24.5 Å². The maximum absolute atomic E-state index is 11.9. The van der Waals surface area contributed by atoms with Crippen molar-refractivity contribution in [3.63, 3.8) is 0 Å². The first-order valence-electron chi connectivity index (χ1n) is 5.93. The molecule has 2 rings (SSSR count). The summed E-state index contributed by atoms with van der Waals surface area (Å²) in [6, 6.07) is 3.20. The molecule has 0 aliphatic heterocycles. The van der Waals surface area contributed by atoms with E-state index in [2.05, 4.69) is 25.8 Å². The number of halogens is 1. The van der Waals surface area contributed by atoms with Crippen molar-refractivity contribution in [1.82, 2.24) is 20.5 Å². The van der Waals surface area contributed by atoms with E-state index in [-0.39, 0.29) is 16.3 Å². The van der Waals surface area contributed by atoms with Crippen molar-refractivity contribution in [2.24, 2.45) is 0 Å². The number of nitrogens with one attached hydrogen (secondary N) is 3. The third-order valence-corrected chi connectivity index (χ3v) is 2.89. The summed E-state index contributed by atoms with van der Waals surface area (Å²) < 4.78 is 0. The zero-order valence-electron chi connectivity index (χ0n) is 10.9. The van der Waals surface area contributed by atoms with Crippen LogP contribution in [0.5, 0.6) is 0 Å². The van der Waals surface area contributed by atoms with Gasteiger partial charge in [-0.15, -0.1) is 0 Å². The third-order valence-electron chi connectivity index (χ3n) is 2.65. The minimum atomic E-state index is -1.18. The molecule has 1 aromatic carbocycles. The topological polar surface area (TPSA) is 120 Å². The first kappa shape index (κ1) is 14.8. The molecule has 0 spiro atoms. The quantitative estimate of drug-likeness (QED) is 0.689. The number of urea groups is 1. The first-order chi connectivity index (χ1) is 9.97. The number of aromatic nitrogens is 3. The lowest BCUT2D eigenvalue weighted by Crippen LogP contribution is -2.32. The summed E-state index contributed by atoms with van der Waals surface area (Å²) in [6.45, 7) is 1.71. The van der Waals surface area contributed by atoms with Gasteiger partial charge in [0.2, 0.25) is 0 Å². The fourth-order valence-corrected chi connectivity index (χ4v) is 1.82. The predicted molar refractivity (Wildman–Crippen MR) is 75.4 cm³/mol. The summed E-state index contributed by atoms with van der Waals surface area (Å²) in [5, 5.41) is 20.7. The van der Waals surface area contributed by atoms with E-state index in [0.717, 1.165) is 0 Å². The summed E-state index contributed by atoms with van der Waals surface area (Å²) in [5.41, 5.74) is 0.0548. The van der Waals surface area contributed by atoms with E-state index in [4.69, 9.17) is 16.7 Å². The normalized spacial score (nSPS) is 11.7. The molecule has 110 valence electrons. The second-order valence-electron chi connectivity index (χ2n) is 4.19. The van der Waals surface area contributed by atoms with Crippen LogP contribution >= 0.6 is 11.6 Å². The Labute approximate surface area is 124 Å². The predicted octanol–water partition coefficient (Wildman–Crippen LogP) is 2.04. The number of hydrogen-bond acceptors (Lipinski definition) is 4. The molecule has 8 nitrogen and oxygen atoms in total. The average molecular weight is 310 g/mol. The van der Waals surface area contributed by atoms with Gasteiger partial charge in [-0.3, -0.25) is 5.10 Å². The molecule has 0 aliphatic rings. The molecular weight excluding hydrogens is 298 g/mol. The largest absolute Gasteiger partial charge is 0.478 e. The Morgan fingerprint density at radius 2 is 2.19 bits per heavy atom. The molecule has 1 aromatic heterocycles. The van der Waals surface area contributed by atoms with Gasteiger partial charge in [-0.1, -0.05) is 11.6 Å². The van der Waals surface area contributed by atoms with Crippen molar-refractivity contribution in [2.45, 2.75) is 13.0 Å². The molecule has 9 heteroatoms. The SMILES string of the molecule is CC(NC(=O)Nc1ccc(Cl)cc1C(=O)O)c1ncn[nH]1. The highest BCUT2D eigenvalue weighted by molar-refractivity contribution is 6.31. The van der Waals surface area contributed by atoms with E-state index >= 15 is 0 Å². The molecule has 2 amide bonds. The molecule has 0 fully saturated rings. The van der Waals surface area contributed by atoms with Gasteiger partial charge in [-0.2, -0.15) is 5.10 Å². The number of carboxylic acids is 1. The molecule has 1 atom stereocenters. The van der Waals surface area contributed by atoms with Crippen LogP contribution in [0.2, 0.25) is 5.02 Å². The summed E-state index contributed by atoms with van der Waals surface area (Å²) in [7, 11) is 0. The number of rotatable bonds is 4. The highest BCUT2D eigenvalue weighted by Gasteiger charge is 2.15. The molecule has 1 unspecified atom stereocenters. The van der Waals surface area contributed by atoms with Gasteiger partial charge in [0.15, 0.2) is 0 Å². The van der Waals surface area contributed by atoms with E-state index in [0.29, 0.717) is 5.82 Å². The fourth-order valence-electron chi connectivity index (χ4n) is 1.65. The van der Waals surface area contributed by atoms with Gasteiger partial charge < -0.3 is 15.7 Å². The second kappa shape index (κ2) is 6.23. The van der Waals surface area contributed by atoms with Crippen molar-refractivity contribution >= 4 is 29.3 Å². The monoisotopic (exact) mass is 309 g/mol. The third kappa shape index (κ3) is 3.69. The molecule has 4 N–H and O–H groups in total. The number of anilines is 1. The lowest BCUT2D eigenvalue weighted by atomic mass is 10.2. The van der Waals surface area contributed by atoms with Gasteiger partial charge >= 0.3 is 12.0 Å². The standard InChI is InChI=1S/C12H12ClN5O3/c1-6(10-14-5-15-18-10)16-12(21)17-9-3-2-7(13)4-8(9)11(19)20/h2-6H,1H3,(H,19,20)(H,14,15,18)(H2,16,17,21). The lowest BCUT2D eigenvalue weighted by molar-refractivity contribution is 0.0698. The lowest BCUT2D eigenvalue weighted by Gasteiger charge is -2.13. The molecule has 0 aliphatic carbocycles. The number of H-pyrrole nitrogens is 1. The van der Waals surface area contributed by atoms with Crippen LogP contribution in [0.4, 0.5) is 10.5 Å². The molecule has 0 radical (unpaired) electrons. The number of benzene rings is 1. The molecule has 0 saturated heterocycles. The minimum Gasteiger partial charge on any atom is -0.478 e. The summed E-state index contributed by atoms with van der Waals surface area (Å²) in [6.07, 6.45) is 1.33. The number of carboxylic acid groups (broad SMARTS) is 1. The second-order valence-corrected chi connectivity index (χ2v) is 4.62. The minimum absolute atomic E-state index is 0.0926. The van der Waals surface area contributed by atoms with Crippen LogP contribution in [0, 0.1) is 0 Å². The number of hydrogen-bond donors (Lipinski definition) is 4. The van der Waals surface area contributed by atoms with Crippen LogP contribution in [0.3, 0.4) is 0 Å². The van der Waals surface area contributed by atoms with Crippen molar-refractivity contribution in [2.75, 3.05) is 5.32 Å². The van der Waals surface area contributed by atoms with Crippen LogP contribution < -0.4 is 10.6 Å². The van der Waals surface area contributed by atoms with Gasteiger partial charge in [0.25, 0.3) is 0 Å². The Balaban J connectivity index is 2.08. The van der Waals surface area contributed by atoms with Crippen LogP contribution in [-0.2, 0) is 0 Å². The molecule has 0 saturated carbocycles. The Bertz CT molecular complexity index is 659. The van der Waals surface area contributed by atoms with Gasteiger partial charge in [0, 0.05) is 5.02 Å². The number of nitrogens with zero attached hydrogens (tertiary/aromatic N) is 2. The van der Waals surface area contributed by atoms with E-state index in [9.17, 15) is 9.59 Å². The summed E-state index contributed by atoms with van der Waals surface area (Å²) in [4.78, 5) is 26.9. The maximum atomic E-state index is 11.9. The highest BCUT2D eigenvalue weighted by Crippen LogP contribution is 2.20. The van der Waals surface area contributed by atoms with Gasteiger partial charge in [0.05, 0.1) is 17.3 Å². The van der Waals surface area contributed by atoms with E-state index in [1.165, 1.54) is 24.5 Å². The van der Waals surface area contributed by atoms with Crippen molar-refractivity contribution in [1.29, 1.82) is 0 Å². The Hall–Kier alpha value is -2.61. The van der Waals surface area contributed by atoms with Crippen LogP contribution in [0.25, 0.3) is 0 Å². The molecule has 1 heterocycles. The number of amides is 2. The van der Waals surface area contributed by atoms with Crippen molar-refractivity contribution in [3.05, 3.63) is 40.9 Å². The molecule has 2 aromatic rings. The van der Waals surface area contributed by atoms with E-state index in [1.807, 2.05) is 0 Å². The smallest absolute Gasteiger partial charge is 0.337 e. The summed E-state index contributed by atoms with van der Waals surface area (Å²) >= 11 is 5.74. The molecule has 0 bridgehead atoms. The fraction of sp³-hybridized carbons (Fsp3) is 0.167.